The zero-order chi connectivity index (χ0) is 22.8. The number of nitrogens with zero attached hydrogens (tertiary/aromatic N) is 1. The van der Waals surface area contributed by atoms with E-state index in [1.165, 1.54) is 0 Å². The molecule has 0 aromatic heterocycles. The number of carbonyl (C=O) groups excluding carboxylic acids is 1. The van der Waals surface area contributed by atoms with E-state index in [2.05, 4.69) is 0 Å². The molecule has 0 bridgehead atoms. The highest BCUT2D eigenvalue weighted by molar-refractivity contribution is 7.91. The molecular weight excluding hydrogens is 417 g/mol. The first-order valence-corrected chi connectivity index (χ1v) is 12.3. The number of morpholine rings is 1. The van der Waals surface area contributed by atoms with Crippen LogP contribution in [-0.2, 0) is 26.7 Å². The molecule has 0 saturated carbocycles. The van der Waals surface area contributed by atoms with Gasteiger partial charge in [0.25, 0.3) is 0 Å². The fourth-order valence-electron chi connectivity index (χ4n) is 3.63. The van der Waals surface area contributed by atoms with Crippen LogP contribution in [0.4, 0.5) is 10.1 Å². The van der Waals surface area contributed by atoms with Crippen LogP contribution in [0.15, 0.2) is 48.5 Å². The zero-order valence-electron chi connectivity index (χ0n) is 18.4. The van der Waals surface area contributed by atoms with Crippen molar-refractivity contribution in [1.82, 2.24) is 0 Å². The van der Waals surface area contributed by atoms with Crippen molar-refractivity contribution in [2.24, 2.45) is 0 Å². The smallest absolute Gasteiger partial charge is 0.198 e. The minimum Gasteiger partial charge on any atom is -0.369 e. The third-order valence-electron chi connectivity index (χ3n) is 5.58. The van der Waals surface area contributed by atoms with E-state index in [9.17, 15) is 17.6 Å². The van der Waals surface area contributed by atoms with Gasteiger partial charge in [0.15, 0.2) is 21.9 Å². The lowest BCUT2D eigenvalue weighted by Gasteiger charge is -2.39. The Bertz CT molecular complexity index is 1000. The largest absolute Gasteiger partial charge is 0.369 e. The van der Waals surface area contributed by atoms with Crippen molar-refractivity contribution in [3.05, 3.63) is 65.2 Å². The molecule has 1 unspecified atom stereocenters. The highest BCUT2D eigenvalue weighted by Crippen LogP contribution is 2.26. The molecule has 31 heavy (non-hydrogen) atoms. The fraction of sp³-hybridized carbons (Fsp3) is 0.458. The summed E-state index contributed by atoms with van der Waals surface area (Å²) in [6, 6.07) is 14.1. The quantitative estimate of drug-likeness (QED) is 0.467. The molecule has 0 amide bonds. The number of hydrogen-bond acceptors (Lipinski definition) is 5. The van der Waals surface area contributed by atoms with Gasteiger partial charge in [-0.3, -0.25) is 4.79 Å². The Morgan fingerprint density at radius 3 is 2.23 bits per heavy atom. The molecule has 0 radical (unpaired) electrons. The number of halogens is 1. The first-order chi connectivity index (χ1) is 14.6. The van der Waals surface area contributed by atoms with E-state index >= 15 is 0 Å². The van der Waals surface area contributed by atoms with Crippen LogP contribution in [0.3, 0.4) is 0 Å². The summed E-state index contributed by atoms with van der Waals surface area (Å²) in [6.45, 7) is 7.44. The maximum absolute atomic E-state index is 14.5. The average molecular weight is 448 g/mol. The van der Waals surface area contributed by atoms with Gasteiger partial charge < -0.3 is 9.64 Å². The molecule has 3 rings (SSSR count). The van der Waals surface area contributed by atoms with Gasteiger partial charge in [-0.15, -0.1) is 0 Å². The van der Waals surface area contributed by atoms with Gasteiger partial charge in [0.05, 0.1) is 17.1 Å². The summed E-state index contributed by atoms with van der Waals surface area (Å²) in [5.41, 5.74) is 2.81. The van der Waals surface area contributed by atoms with Crippen molar-refractivity contribution in [2.75, 3.05) is 11.4 Å². The van der Waals surface area contributed by atoms with E-state index in [4.69, 9.17) is 4.74 Å². The number of rotatable bonds is 7. The van der Waals surface area contributed by atoms with E-state index in [1.54, 1.807) is 49.9 Å². The third-order valence-corrected chi connectivity index (χ3v) is 7.75. The Hall–Kier alpha value is -2.25. The summed E-state index contributed by atoms with van der Waals surface area (Å²) >= 11 is 0. The first-order valence-electron chi connectivity index (χ1n) is 10.6. The molecule has 3 atom stereocenters. The van der Waals surface area contributed by atoms with Gasteiger partial charge in [-0.05, 0) is 51.0 Å². The molecule has 2 aromatic rings. The number of anilines is 1. The van der Waals surface area contributed by atoms with Gasteiger partial charge in [-0.2, -0.15) is 0 Å². The topological polar surface area (TPSA) is 63.7 Å². The number of alkyl halides is 1. The lowest BCUT2D eigenvalue weighted by molar-refractivity contribution is -0.0614. The second-order valence-electron chi connectivity index (χ2n) is 8.50. The molecule has 1 aliphatic heterocycles. The molecule has 0 N–H and O–H groups in total. The monoisotopic (exact) mass is 447 g/mol. The van der Waals surface area contributed by atoms with Crippen LogP contribution in [0.5, 0.6) is 0 Å². The van der Waals surface area contributed by atoms with E-state index < -0.39 is 27.5 Å². The first kappa shape index (κ1) is 23.4. The molecule has 168 valence electrons. The predicted molar refractivity (Wildman–Crippen MR) is 121 cm³/mol. The Morgan fingerprint density at radius 1 is 1.06 bits per heavy atom. The Kier molecular flexibility index (Phi) is 7.17. The molecule has 7 heteroatoms. The molecule has 5 nitrogen and oxygen atoms in total. The summed E-state index contributed by atoms with van der Waals surface area (Å²) in [5, 5.41) is -0.437. The van der Waals surface area contributed by atoms with Gasteiger partial charge in [-0.1, -0.05) is 36.4 Å². The van der Waals surface area contributed by atoms with Crippen LogP contribution in [0.2, 0.25) is 0 Å². The molecule has 1 fully saturated rings. The maximum atomic E-state index is 14.5. The van der Waals surface area contributed by atoms with Crippen LogP contribution in [0.1, 0.15) is 49.2 Å². The van der Waals surface area contributed by atoms with Crippen molar-refractivity contribution < 1.29 is 22.3 Å². The second-order valence-corrected chi connectivity index (χ2v) is 11.1. The fourth-order valence-corrected chi connectivity index (χ4v) is 4.62. The summed E-state index contributed by atoms with van der Waals surface area (Å²) in [7, 11) is -3.18. The Morgan fingerprint density at radius 2 is 1.65 bits per heavy atom. The minimum atomic E-state index is -3.18. The Labute approximate surface area is 184 Å². The molecule has 0 spiro atoms. The van der Waals surface area contributed by atoms with E-state index in [0.717, 1.165) is 11.3 Å². The zero-order valence-corrected chi connectivity index (χ0v) is 19.2. The van der Waals surface area contributed by atoms with Gasteiger partial charge in [-0.25, -0.2) is 12.8 Å². The summed E-state index contributed by atoms with van der Waals surface area (Å²) < 4.78 is 44.2. The van der Waals surface area contributed by atoms with Crippen molar-refractivity contribution >= 4 is 21.3 Å². The molecule has 0 aliphatic carbocycles. The normalized spacial score (nSPS) is 22.0. The van der Waals surface area contributed by atoms with Crippen LogP contribution >= 0.6 is 0 Å². The number of carbonyl (C=O) groups is 1. The van der Waals surface area contributed by atoms with Gasteiger partial charge in [0.2, 0.25) is 0 Å². The molecule has 2 aromatic carbocycles. The van der Waals surface area contributed by atoms with Crippen molar-refractivity contribution in [2.45, 2.75) is 63.6 Å². The average Bonchev–Trinajstić information content (AvgIpc) is 2.71. The van der Waals surface area contributed by atoms with E-state index in [1.807, 2.05) is 31.2 Å². The lowest BCUT2D eigenvalue weighted by atomic mass is 10.0. The number of ketones is 1. The number of ether oxygens (including phenoxy) is 1. The highest BCUT2D eigenvalue weighted by atomic mass is 32.2. The van der Waals surface area contributed by atoms with Crippen LogP contribution in [0.25, 0.3) is 0 Å². The van der Waals surface area contributed by atoms with Gasteiger partial charge in [0.1, 0.15) is 6.10 Å². The van der Waals surface area contributed by atoms with Crippen LogP contribution in [0, 0.1) is 0 Å². The maximum Gasteiger partial charge on any atom is 0.198 e. The standard InChI is InChI=1S/C24H30FNO4S/c1-16(2)31(28,29)15-20-5-9-21(10-6-20)23(27)13-19-7-11-22(12-8-19)26-14-17(3)30-18(4)24(26)25/h5-12,16-18,24H,13-15H2,1-4H3/t17-,18+,24?/m0/s1. The number of hydrogen-bond donors (Lipinski definition) is 0. The van der Waals surface area contributed by atoms with Crippen LogP contribution in [-0.4, -0.2) is 44.5 Å². The number of Topliss-reactive ketones (excluding diaryl/α,β-unsaturated/α-hetero) is 1. The molecule has 1 saturated heterocycles. The second kappa shape index (κ2) is 9.49. The summed E-state index contributed by atoms with van der Waals surface area (Å²) in [6.07, 6.45) is -1.54. The molecule has 1 aliphatic rings. The van der Waals surface area contributed by atoms with Gasteiger partial charge >= 0.3 is 0 Å². The van der Waals surface area contributed by atoms with Crippen molar-refractivity contribution in [1.29, 1.82) is 0 Å². The van der Waals surface area contributed by atoms with Crippen molar-refractivity contribution in [3.8, 4) is 0 Å². The number of sulfone groups is 1. The van der Waals surface area contributed by atoms with E-state index in [0.29, 0.717) is 17.7 Å². The number of benzene rings is 2. The van der Waals surface area contributed by atoms with Crippen LogP contribution < -0.4 is 4.90 Å². The summed E-state index contributed by atoms with van der Waals surface area (Å²) in [4.78, 5) is 14.3. The lowest BCUT2D eigenvalue weighted by Crippen LogP contribution is -2.51. The van der Waals surface area contributed by atoms with E-state index in [-0.39, 0.29) is 24.1 Å². The predicted octanol–water partition coefficient (Wildman–Crippen LogP) is 4.34. The van der Waals surface area contributed by atoms with Crippen molar-refractivity contribution in [3.63, 3.8) is 0 Å². The highest BCUT2D eigenvalue weighted by Gasteiger charge is 2.32. The minimum absolute atomic E-state index is 0.0328. The molecule has 1 heterocycles. The molecular formula is C24H30FNO4S. The summed E-state index contributed by atoms with van der Waals surface area (Å²) in [5.74, 6) is -0.0856. The van der Waals surface area contributed by atoms with Gasteiger partial charge in [0, 0.05) is 24.2 Å². The SMILES string of the molecule is CC(C)S(=O)(=O)Cc1ccc(C(=O)Cc2ccc(N3C[C@H](C)O[C@H](C)C3F)cc2)cc1. The third kappa shape index (κ3) is 5.71. The Balaban J connectivity index is 1.64.